The van der Waals surface area contributed by atoms with Gasteiger partial charge in [0.1, 0.15) is 11.5 Å². The maximum absolute atomic E-state index is 8.66. The molecule has 6 nitrogen and oxygen atoms in total. The smallest absolute Gasteiger partial charge is 0.129 e. The molecular formula is C22H28N6. The van der Waals surface area contributed by atoms with Gasteiger partial charge in [0.2, 0.25) is 0 Å². The Hall–Kier alpha value is -2.91. The highest BCUT2D eigenvalue weighted by atomic mass is 15.2. The molecule has 0 fully saturated rings. The van der Waals surface area contributed by atoms with Crippen molar-refractivity contribution in [3.63, 3.8) is 0 Å². The number of hydrogen-bond acceptors (Lipinski definition) is 5. The number of anilines is 1. The van der Waals surface area contributed by atoms with E-state index in [1.165, 1.54) is 5.56 Å². The second-order valence-corrected chi connectivity index (χ2v) is 6.93. The van der Waals surface area contributed by atoms with Gasteiger partial charge in [-0.2, -0.15) is 10.4 Å². The molecule has 3 rings (SSSR count). The molecule has 0 saturated heterocycles. The van der Waals surface area contributed by atoms with Crippen molar-refractivity contribution in [2.24, 2.45) is 0 Å². The van der Waals surface area contributed by atoms with Gasteiger partial charge in [0.25, 0.3) is 0 Å². The quantitative estimate of drug-likeness (QED) is 0.517. The molecule has 0 atom stereocenters. The third-order valence-electron chi connectivity index (χ3n) is 4.70. The Balaban J connectivity index is 1.88. The number of nitrogens with one attached hydrogen (secondary N) is 2. The molecule has 0 bridgehead atoms. The molecule has 0 unspecified atom stereocenters. The first-order valence-electron chi connectivity index (χ1n) is 10.0. The van der Waals surface area contributed by atoms with Crippen LogP contribution >= 0.6 is 0 Å². The molecular weight excluding hydrogens is 348 g/mol. The number of nitriles is 1. The fourth-order valence-corrected chi connectivity index (χ4v) is 3.39. The Kier molecular flexibility index (Phi) is 6.99. The van der Waals surface area contributed by atoms with Gasteiger partial charge in [-0.05, 0) is 42.7 Å². The maximum Gasteiger partial charge on any atom is 0.129 e. The van der Waals surface area contributed by atoms with Crippen LogP contribution in [0.3, 0.4) is 0 Å². The summed E-state index contributed by atoms with van der Waals surface area (Å²) in [6, 6.07) is 12.6. The summed E-state index contributed by atoms with van der Waals surface area (Å²) in [7, 11) is 0. The summed E-state index contributed by atoms with van der Waals surface area (Å²) >= 11 is 0. The molecule has 0 aliphatic heterocycles. The molecule has 0 amide bonds. The highest BCUT2D eigenvalue weighted by Gasteiger charge is 2.12. The van der Waals surface area contributed by atoms with Gasteiger partial charge < -0.3 is 10.2 Å². The van der Waals surface area contributed by atoms with Crippen LogP contribution in [0, 0.1) is 11.3 Å². The zero-order chi connectivity index (χ0) is 19.8. The summed E-state index contributed by atoms with van der Waals surface area (Å²) in [6.45, 7) is 7.84. The lowest BCUT2D eigenvalue weighted by atomic mass is 10.1. The number of aromatic nitrogens is 3. The van der Waals surface area contributed by atoms with E-state index in [9.17, 15) is 0 Å². The second-order valence-electron chi connectivity index (χ2n) is 6.93. The van der Waals surface area contributed by atoms with Crippen molar-refractivity contribution in [3.8, 4) is 17.3 Å². The van der Waals surface area contributed by atoms with Crippen molar-refractivity contribution in [3.05, 3.63) is 42.1 Å². The number of fused-ring (bicyclic) bond motifs is 1. The lowest BCUT2D eigenvalue weighted by Crippen LogP contribution is -2.25. The van der Waals surface area contributed by atoms with Crippen molar-refractivity contribution in [2.45, 2.75) is 39.7 Å². The van der Waals surface area contributed by atoms with Crippen molar-refractivity contribution in [1.29, 1.82) is 5.26 Å². The van der Waals surface area contributed by atoms with Gasteiger partial charge in [0, 0.05) is 49.7 Å². The summed E-state index contributed by atoms with van der Waals surface area (Å²) < 4.78 is 0. The monoisotopic (exact) mass is 376 g/mol. The number of pyridine rings is 1. The minimum Gasteiger partial charge on any atom is -0.357 e. The first-order valence-corrected chi connectivity index (χ1v) is 10.0. The van der Waals surface area contributed by atoms with E-state index < -0.39 is 0 Å². The van der Waals surface area contributed by atoms with Crippen LogP contribution in [0.1, 0.15) is 38.7 Å². The maximum atomic E-state index is 8.66. The third kappa shape index (κ3) is 4.68. The molecule has 0 spiro atoms. The van der Waals surface area contributed by atoms with Crippen molar-refractivity contribution >= 4 is 16.7 Å². The minimum absolute atomic E-state index is 0.519. The average molecular weight is 377 g/mol. The fraction of sp³-hybridized carbons (Fsp3) is 0.409. The molecule has 1 aromatic carbocycles. The normalized spacial score (nSPS) is 10.9. The van der Waals surface area contributed by atoms with Crippen LogP contribution in [0.25, 0.3) is 22.2 Å². The molecule has 2 heterocycles. The van der Waals surface area contributed by atoms with E-state index in [1.807, 2.05) is 12.3 Å². The molecule has 3 aromatic rings. The molecule has 146 valence electrons. The number of rotatable bonds is 10. The van der Waals surface area contributed by atoms with Crippen LogP contribution in [-0.2, 0) is 6.54 Å². The molecule has 0 radical (unpaired) electrons. The summed E-state index contributed by atoms with van der Waals surface area (Å²) in [6.07, 6.45) is 4.58. The number of hydrogen-bond donors (Lipinski definition) is 2. The lowest BCUT2D eigenvalue weighted by Gasteiger charge is -2.22. The number of benzene rings is 1. The largest absolute Gasteiger partial charge is 0.357 e. The van der Waals surface area contributed by atoms with Crippen molar-refractivity contribution in [1.82, 2.24) is 20.5 Å². The molecule has 0 aliphatic carbocycles. The Morgan fingerprint density at radius 2 is 1.96 bits per heavy atom. The first kappa shape index (κ1) is 19.8. The Morgan fingerprint density at radius 3 is 2.71 bits per heavy atom. The predicted molar refractivity (Wildman–Crippen MR) is 114 cm³/mol. The van der Waals surface area contributed by atoms with Gasteiger partial charge in [-0.1, -0.05) is 19.9 Å². The van der Waals surface area contributed by atoms with Crippen molar-refractivity contribution < 1.29 is 0 Å². The van der Waals surface area contributed by atoms with Crippen LogP contribution in [0.15, 0.2) is 36.5 Å². The summed E-state index contributed by atoms with van der Waals surface area (Å²) in [4.78, 5) is 6.93. The topological polar surface area (TPSA) is 80.6 Å². The number of aromatic amines is 1. The molecule has 0 saturated carbocycles. The van der Waals surface area contributed by atoms with Crippen LogP contribution in [0.5, 0.6) is 0 Å². The zero-order valence-corrected chi connectivity index (χ0v) is 16.7. The zero-order valence-electron chi connectivity index (χ0n) is 16.7. The van der Waals surface area contributed by atoms with Gasteiger partial charge in [0.05, 0.1) is 11.6 Å². The van der Waals surface area contributed by atoms with E-state index in [-0.39, 0.29) is 0 Å². The third-order valence-corrected chi connectivity index (χ3v) is 4.70. The standard InChI is InChI=1S/C22H28N6/c1-3-12-28(13-4-2)21-15-18(8-11-25-21)22-19-14-17(16-24-10-5-9-23)6-7-20(19)26-27-22/h6-8,11,14-15,24H,3-5,10,12-13,16H2,1-2H3,(H,26,27). The number of H-pyrrole nitrogens is 1. The summed E-state index contributed by atoms with van der Waals surface area (Å²) in [5.41, 5.74) is 4.22. The number of nitrogens with zero attached hydrogens (tertiary/aromatic N) is 4. The summed E-state index contributed by atoms with van der Waals surface area (Å²) in [5, 5.41) is 20.8. The van der Waals surface area contributed by atoms with Gasteiger partial charge in [-0.3, -0.25) is 5.10 Å². The Morgan fingerprint density at radius 1 is 1.14 bits per heavy atom. The van der Waals surface area contributed by atoms with Gasteiger partial charge in [-0.15, -0.1) is 0 Å². The predicted octanol–water partition coefficient (Wildman–Crippen LogP) is 4.25. The Bertz CT molecular complexity index is 934. The molecule has 6 heteroatoms. The van der Waals surface area contributed by atoms with Gasteiger partial charge in [-0.25, -0.2) is 4.98 Å². The molecule has 0 aliphatic rings. The van der Waals surface area contributed by atoms with Crippen LogP contribution in [0.4, 0.5) is 5.82 Å². The van der Waals surface area contributed by atoms with E-state index in [1.54, 1.807) is 0 Å². The minimum atomic E-state index is 0.519. The van der Waals surface area contributed by atoms with Crippen LogP contribution < -0.4 is 10.2 Å². The fourth-order valence-electron chi connectivity index (χ4n) is 3.39. The van der Waals surface area contributed by atoms with E-state index >= 15 is 0 Å². The first-order chi connectivity index (χ1) is 13.8. The van der Waals surface area contributed by atoms with Gasteiger partial charge in [0.15, 0.2) is 0 Å². The van der Waals surface area contributed by atoms with E-state index in [4.69, 9.17) is 5.26 Å². The van der Waals surface area contributed by atoms with Crippen molar-refractivity contribution in [2.75, 3.05) is 24.5 Å². The van der Waals surface area contributed by atoms with E-state index in [0.29, 0.717) is 13.0 Å². The highest BCUT2D eigenvalue weighted by molar-refractivity contribution is 5.93. The lowest BCUT2D eigenvalue weighted by molar-refractivity contribution is 0.699. The molecule has 2 N–H and O–H groups in total. The Labute approximate surface area is 166 Å². The second kappa shape index (κ2) is 9.86. The van der Waals surface area contributed by atoms with E-state index in [0.717, 1.165) is 60.5 Å². The van der Waals surface area contributed by atoms with Gasteiger partial charge >= 0.3 is 0 Å². The average Bonchev–Trinajstić information content (AvgIpc) is 3.14. The molecule has 2 aromatic heterocycles. The van der Waals surface area contributed by atoms with Crippen LogP contribution in [-0.4, -0.2) is 34.8 Å². The summed E-state index contributed by atoms with van der Waals surface area (Å²) in [5.74, 6) is 1.01. The SMILES string of the molecule is CCCN(CCC)c1cc(-c2n[nH]c3ccc(CNCCC#N)cc23)ccn1. The highest BCUT2D eigenvalue weighted by Crippen LogP contribution is 2.29. The van der Waals surface area contributed by atoms with Crippen LogP contribution in [0.2, 0.25) is 0 Å². The van der Waals surface area contributed by atoms with E-state index in [2.05, 4.69) is 69.6 Å². The molecule has 28 heavy (non-hydrogen) atoms.